The van der Waals surface area contributed by atoms with Crippen LogP contribution >= 0.6 is 0 Å². The number of nitrogens with zero attached hydrogens (tertiary/aromatic N) is 4. The number of aryl methyl sites for hydroxylation is 1. The van der Waals surface area contributed by atoms with E-state index in [-0.39, 0.29) is 29.9 Å². The Balaban J connectivity index is 1.01. The number of carbonyl (C=O) groups is 3. The van der Waals surface area contributed by atoms with Gasteiger partial charge in [0.2, 0.25) is 11.8 Å². The first kappa shape index (κ1) is 32.0. The van der Waals surface area contributed by atoms with E-state index >= 15 is 0 Å². The van der Waals surface area contributed by atoms with Gasteiger partial charge in [-0.2, -0.15) is 0 Å². The van der Waals surface area contributed by atoms with E-state index in [9.17, 15) is 14.4 Å². The number of ketones is 1. The van der Waals surface area contributed by atoms with Gasteiger partial charge in [-0.25, -0.2) is 5.43 Å². The van der Waals surface area contributed by atoms with Crippen molar-refractivity contribution in [3.8, 4) is 0 Å². The molecule has 250 valence electrons. The molecule has 2 aromatic carbocycles. The lowest BCUT2D eigenvalue weighted by Gasteiger charge is -2.43. The number of fused-ring (bicyclic) bond motifs is 2. The first-order valence-electron chi connectivity index (χ1n) is 17.8. The number of benzene rings is 2. The summed E-state index contributed by atoms with van der Waals surface area (Å²) >= 11 is 0. The lowest BCUT2D eigenvalue weighted by molar-refractivity contribution is -0.143. The minimum Gasteiger partial charge on any atom is -0.343 e. The van der Waals surface area contributed by atoms with Crippen LogP contribution in [-0.4, -0.2) is 103 Å². The normalized spacial score (nSPS) is 22.0. The summed E-state index contributed by atoms with van der Waals surface area (Å²) in [6.07, 6.45) is 7.28. The maximum absolute atomic E-state index is 14.2. The number of amides is 2. The van der Waals surface area contributed by atoms with Gasteiger partial charge in [-0.3, -0.25) is 19.3 Å². The summed E-state index contributed by atoms with van der Waals surface area (Å²) in [5.74, 6) is 0.165. The highest BCUT2D eigenvalue weighted by molar-refractivity contribution is 6.04. The molecular formula is C38H50N6O3. The summed E-state index contributed by atoms with van der Waals surface area (Å²) in [5, 5.41) is 0. The second-order valence-corrected chi connectivity index (χ2v) is 14.5. The van der Waals surface area contributed by atoms with Crippen LogP contribution in [0.1, 0.15) is 59.9 Å². The highest BCUT2D eigenvalue weighted by atomic mass is 16.2. The molecule has 0 bridgehead atoms. The van der Waals surface area contributed by atoms with Crippen molar-refractivity contribution in [2.75, 3.05) is 64.8 Å². The molecule has 1 aliphatic carbocycles. The van der Waals surface area contributed by atoms with Crippen molar-refractivity contribution in [3.63, 3.8) is 0 Å². The summed E-state index contributed by atoms with van der Waals surface area (Å²) in [6.45, 7) is 9.64. The van der Waals surface area contributed by atoms with Gasteiger partial charge in [-0.1, -0.05) is 36.4 Å². The van der Waals surface area contributed by atoms with Gasteiger partial charge in [0, 0.05) is 64.7 Å². The number of hydrogen-bond donors (Lipinski definition) is 2. The van der Waals surface area contributed by atoms with Gasteiger partial charge in [0.1, 0.15) is 0 Å². The summed E-state index contributed by atoms with van der Waals surface area (Å²) in [7, 11) is 2.19. The fraction of sp³-hybridized carbons (Fsp3) is 0.553. The van der Waals surface area contributed by atoms with Crippen molar-refractivity contribution in [1.29, 1.82) is 0 Å². The van der Waals surface area contributed by atoms with Crippen LogP contribution in [0.3, 0.4) is 0 Å². The molecule has 0 unspecified atom stereocenters. The van der Waals surface area contributed by atoms with Gasteiger partial charge in [-0.05, 0) is 105 Å². The van der Waals surface area contributed by atoms with Crippen LogP contribution < -0.4 is 10.9 Å². The van der Waals surface area contributed by atoms with Gasteiger partial charge in [-0.15, -0.1) is 0 Å². The summed E-state index contributed by atoms with van der Waals surface area (Å²) in [6, 6.07) is 13.1. The number of likely N-dealkylation sites (tertiary alicyclic amines) is 2. The van der Waals surface area contributed by atoms with Crippen LogP contribution in [-0.2, 0) is 33.8 Å². The quantitative estimate of drug-likeness (QED) is 0.479. The zero-order valence-corrected chi connectivity index (χ0v) is 28.1. The Labute approximate surface area is 279 Å². The maximum atomic E-state index is 14.2. The summed E-state index contributed by atoms with van der Waals surface area (Å²) in [5.41, 5.74) is 14.2. The molecule has 9 nitrogen and oxygen atoms in total. The SMILES string of the molecule is Cc1cc(C[C@@H](CC(=O)N2CCC(C3=Cc4ccccc4CC3=O)CC2)C(=O)N2CCN(C3CCN(C)CC3)CC2)cc2c1NNC2. The number of piperazine rings is 1. The van der Waals surface area contributed by atoms with E-state index in [1.54, 1.807) is 0 Å². The molecule has 2 aromatic rings. The molecule has 3 fully saturated rings. The molecule has 2 N–H and O–H groups in total. The Morgan fingerprint density at radius 3 is 2.40 bits per heavy atom. The lowest BCUT2D eigenvalue weighted by Crippen LogP contribution is -2.55. The van der Waals surface area contributed by atoms with Gasteiger partial charge in [0.05, 0.1) is 11.6 Å². The van der Waals surface area contributed by atoms with E-state index in [0.29, 0.717) is 32.0 Å². The zero-order valence-electron chi connectivity index (χ0n) is 28.1. The number of allylic oxidation sites excluding steroid dienone is 1. The van der Waals surface area contributed by atoms with E-state index in [0.717, 1.165) is 92.2 Å². The molecule has 4 aliphatic heterocycles. The second-order valence-electron chi connectivity index (χ2n) is 14.5. The minimum absolute atomic E-state index is 0.0577. The van der Waals surface area contributed by atoms with Crippen LogP contribution in [0.25, 0.3) is 6.08 Å². The fourth-order valence-electron chi connectivity index (χ4n) is 8.55. The van der Waals surface area contributed by atoms with Crippen molar-refractivity contribution < 1.29 is 14.4 Å². The Morgan fingerprint density at radius 1 is 0.894 bits per heavy atom. The first-order chi connectivity index (χ1) is 22.8. The maximum Gasteiger partial charge on any atom is 0.226 e. The molecule has 0 saturated carbocycles. The molecule has 0 radical (unpaired) electrons. The zero-order chi connectivity index (χ0) is 32.5. The predicted molar refractivity (Wildman–Crippen MR) is 185 cm³/mol. The average molecular weight is 639 g/mol. The van der Waals surface area contributed by atoms with Gasteiger partial charge in [0.15, 0.2) is 5.78 Å². The number of hydrazine groups is 1. The van der Waals surface area contributed by atoms with Gasteiger partial charge < -0.3 is 20.1 Å². The fourth-order valence-corrected chi connectivity index (χ4v) is 8.55. The Bertz CT molecular complexity index is 1530. The molecule has 5 aliphatic rings. The Hall–Kier alpha value is -3.53. The van der Waals surface area contributed by atoms with Crippen molar-refractivity contribution in [2.45, 2.75) is 64.5 Å². The lowest BCUT2D eigenvalue weighted by atomic mass is 9.80. The van der Waals surface area contributed by atoms with Crippen molar-refractivity contribution in [2.24, 2.45) is 11.8 Å². The van der Waals surface area contributed by atoms with Crippen LogP contribution in [0, 0.1) is 18.8 Å². The smallest absolute Gasteiger partial charge is 0.226 e. The molecule has 9 heteroatoms. The monoisotopic (exact) mass is 638 g/mol. The second kappa shape index (κ2) is 13.9. The molecule has 4 heterocycles. The number of carbonyl (C=O) groups excluding carboxylic acids is 3. The largest absolute Gasteiger partial charge is 0.343 e. The summed E-state index contributed by atoms with van der Waals surface area (Å²) in [4.78, 5) is 50.1. The van der Waals surface area contributed by atoms with E-state index in [4.69, 9.17) is 0 Å². The highest BCUT2D eigenvalue weighted by Gasteiger charge is 2.35. The number of rotatable bonds is 7. The Kier molecular flexibility index (Phi) is 9.48. The predicted octanol–water partition coefficient (Wildman–Crippen LogP) is 3.66. The molecule has 3 saturated heterocycles. The topological polar surface area (TPSA) is 88.2 Å². The van der Waals surface area contributed by atoms with E-state index in [1.807, 2.05) is 28.0 Å². The Morgan fingerprint density at radius 2 is 1.64 bits per heavy atom. The number of nitrogens with one attached hydrogen (secondary N) is 2. The molecule has 47 heavy (non-hydrogen) atoms. The molecular weight excluding hydrogens is 588 g/mol. The third-order valence-corrected chi connectivity index (χ3v) is 11.4. The molecule has 2 amide bonds. The van der Waals surface area contributed by atoms with E-state index in [2.05, 4.69) is 58.9 Å². The summed E-state index contributed by atoms with van der Waals surface area (Å²) < 4.78 is 0. The number of anilines is 1. The van der Waals surface area contributed by atoms with Crippen LogP contribution in [0.5, 0.6) is 0 Å². The van der Waals surface area contributed by atoms with Gasteiger partial charge >= 0.3 is 0 Å². The molecule has 0 spiro atoms. The van der Waals surface area contributed by atoms with Crippen LogP contribution in [0.15, 0.2) is 42.0 Å². The highest BCUT2D eigenvalue weighted by Crippen LogP contribution is 2.33. The molecule has 7 rings (SSSR count). The number of Topliss-reactive ketones (excluding diaryl/α,β-unsaturated/α-hetero) is 1. The van der Waals surface area contributed by atoms with Gasteiger partial charge in [0.25, 0.3) is 0 Å². The van der Waals surface area contributed by atoms with E-state index in [1.165, 1.54) is 18.4 Å². The standard InChI is InChI=1S/C38H50N6O3/c1-26-19-27(21-32-25-39-40-37(26)32)20-31(38(47)44-17-15-42(16-18-44)33-9-11-41(2)12-10-33)24-36(46)43-13-7-28(8-14-43)34-22-29-5-3-4-6-30(29)23-35(34)45/h3-6,19,21-22,28,31,33,39-40H,7-18,20,23-25H2,1-2H3/t31-/m0/s1. The van der Waals surface area contributed by atoms with Crippen LogP contribution in [0.4, 0.5) is 5.69 Å². The molecule has 1 atom stereocenters. The van der Waals surface area contributed by atoms with E-state index < -0.39 is 5.92 Å². The number of piperidine rings is 2. The number of hydrogen-bond acceptors (Lipinski definition) is 7. The van der Waals surface area contributed by atoms with Crippen molar-refractivity contribution in [3.05, 3.63) is 69.8 Å². The first-order valence-corrected chi connectivity index (χ1v) is 17.8. The molecule has 0 aromatic heterocycles. The minimum atomic E-state index is -0.394. The third-order valence-electron chi connectivity index (χ3n) is 11.4. The average Bonchev–Trinajstić information content (AvgIpc) is 3.57. The van der Waals surface area contributed by atoms with Crippen molar-refractivity contribution in [1.82, 2.24) is 25.0 Å². The van der Waals surface area contributed by atoms with Crippen LogP contribution in [0.2, 0.25) is 0 Å². The van der Waals surface area contributed by atoms with Crippen molar-refractivity contribution >= 4 is 29.4 Å². The third kappa shape index (κ3) is 7.03.